The van der Waals surface area contributed by atoms with Crippen molar-refractivity contribution in [1.29, 1.82) is 0 Å². The maximum absolute atomic E-state index is 13.8. The number of anilines is 1. The third-order valence-electron chi connectivity index (χ3n) is 7.54. The molecule has 3 N–H and O–H groups in total. The van der Waals surface area contributed by atoms with E-state index < -0.39 is 41.3 Å². The molecule has 0 aromatic heterocycles. The number of carbonyl (C=O) groups excluding carboxylic acids is 3. The van der Waals surface area contributed by atoms with E-state index in [1.54, 1.807) is 25.1 Å². The number of aliphatic hydroxyl groups is 1. The van der Waals surface area contributed by atoms with E-state index >= 15 is 0 Å². The standard InChI is InChI=1S/C25H25N3O6/c1-3-14-5-4-6-15-21(14)26-24(32)25(15)19-18(20(27-25)12(2)29)22(30)28(23(19)31)10-13-7-8-16-17(9-13)34-11-33-16/h4-9,12,18-20,27,29H,3,10-11H2,1-2H3,(H,26,32)/t12-,18-,19-,20+,25+/m0/s1. The van der Waals surface area contributed by atoms with Gasteiger partial charge in [0, 0.05) is 17.3 Å². The van der Waals surface area contributed by atoms with E-state index in [0.717, 1.165) is 5.56 Å². The second-order valence-corrected chi connectivity index (χ2v) is 9.32. The Kier molecular flexibility index (Phi) is 4.53. The number of hydrogen-bond acceptors (Lipinski definition) is 7. The summed E-state index contributed by atoms with van der Waals surface area (Å²) in [7, 11) is 0. The van der Waals surface area contributed by atoms with E-state index in [-0.39, 0.29) is 19.2 Å². The molecule has 4 aliphatic rings. The van der Waals surface area contributed by atoms with Gasteiger partial charge < -0.3 is 19.9 Å². The molecule has 176 valence electrons. The van der Waals surface area contributed by atoms with Gasteiger partial charge in [-0.05, 0) is 36.6 Å². The molecule has 4 aliphatic heterocycles. The summed E-state index contributed by atoms with van der Waals surface area (Å²) < 4.78 is 10.8. The lowest BCUT2D eigenvalue weighted by Gasteiger charge is -2.30. The number of ether oxygens (including phenoxy) is 2. The number of amides is 3. The van der Waals surface area contributed by atoms with Crippen LogP contribution in [0.3, 0.4) is 0 Å². The van der Waals surface area contributed by atoms with Gasteiger partial charge in [0.05, 0.1) is 24.5 Å². The van der Waals surface area contributed by atoms with E-state index in [0.29, 0.717) is 34.7 Å². The maximum Gasteiger partial charge on any atom is 0.250 e. The highest BCUT2D eigenvalue weighted by Gasteiger charge is 2.71. The zero-order chi connectivity index (χ0) is 23.8. The van der Waals surface area contributed by atoms with E-state index in [2.05, 4.69) is 10.6 Å². The highest BCUT2D eigenvalue weighted by Crippen LogP contribution is 2.54. The van der Waals surface area contributed by atoms with Gasteiger partial charge in [0.1, 0.15) is 5.54 Å². The second kappa shape index (κ2) is 7.28. The monoisotopic (exact) mass is 463 g/mol. The lowest BCUT2D eigenvalue weighted by molar-refractivity contribution is -0.143. The first-order chi connectivity index (χ1) is 16.4. The Labute approximate surface area is 196 Å². The molecule has 2 aromatic rings. The molecule has 0 aliphatic carbocycles. The molecule has 2 aromatic carbocycles. The Bertz CT molecular complexity index is 1240. The van der Waals surface area contributed by atoms with Crippen molar-refractivity contribution in [2.45, 2.75) is 44.5 Å². The number of likely N-dealkylation sites (tertiary alicyclic amines) is 1. The van der Waals surface area contributed by atoms with Gasteiger partial charge in [0.25, 0.3) is 0 Å². The van der Waals surface area contributed by atoms with Crippen LogP contribution in [0, 0.1) is 11.8 Å². The van der Waals surface area contributed by atoms with Crippen LogP contribution in [0.5, 0.6) is 11.5 Å². The first-order valence-corrected chi connectivity index (χ1v) is 11.5. The Morgan fingerprint density at radius 3 is 2.71 bits per heavy atom. The van der Waals surface area contributed by atoms with E-state index in [1.165, 1.54) is 4.90 Å². The van der Waals surface area contributed by atoms with Crippen LogP contribution in [0.4, 0.5) is 5.69 Å². The summed E-state index contributed by atoms with van der Waals surface area (Å²) in [5.41, 5.74) is 1.59. The topological polar surface area (TPSA) is 117 Å². The number of aliphatic hydroxyl groups excluding tert-OH is 1. The fourth-order valence-electron chi connectivity index (χ4n) is 5.97. The third kappa shape index (κ3) is 2.65. The molecule has 9 heteroatoms. The van der Waals surface area contributed by atoms with Crippen LogP contribution in [0.15, 0.2) is 36.4 Å². The van der Waals surface area contributed by atoms with Gasteiger partial charge in [-0.15, -0.1) is 0 Å². The molecule has 1 spiro atoms. The molecule has 0 bridgehead atoms. The normalized spacial score (nSPS) is 29.6. The van der Waals surface area contributed by atoms with Crippen molar-refractivity contribution >= 4 is 23.4 Å². The predicted octanol–water partition coefficient (Wildman–Crippen LogP) is 1.28. The van der Waals surface area contributed by atoms with Crippen LogP contribution in [-0.4, -0.2) is 46.7 Å². The van der Waals surface area contributed by atoms with E-state index in [1.807, 2.05) is 25.1 Å². The number of nitrogens with zero attached hydrogens (tertiary/aromatic N) is 1. The zero-order valence-corrected chi connectivity index (χ0v) is 18.8. The zero-order valence-electron chi connectivity index (χ0n) is 18.8. The summed E-state index contributed by atoms with van der Waals surface area (Å²) in [5, 5.41) is 16.7. The van der Waals surface area contributed by atoms with Gasteiger partial charge >= 0.3 is 0 Å². The largest absolute Gasteiger partial charge is 0.454 e. The number of benzene rings is 2. The molecule has 9 nitrogen and oxygen atoms in total. The number of para-hydroxylation sites is 1. The van der Waals surface area contributed by atoms with Crippen LogP contribution in [0.1, 0.15) is 30.5 Å². The number of rotatable bonds is 4. The number of imide groups is 1. The summed E-state index contributed by atoms with van der Waals surface area (Å²) >= 11 is 0. The van der Waals surface area contributed by atoms with Gasteiger partial charge in [-0.2, -0.15) is 0 Å². The smallest absolute Gasteiger partial charge is 0.250 e. The minimum absolute atomic E-state index is 0.0490. The van der Waals surface area contributed by atoms with Gasteiger partial charge in [0.15, 0.2) is 11.5 Å². The molecule has 2 fully saturated rings. The maximum atomic E-state index is 13.8. The summed E-state index contributed by atoms with van der Waals surface area (Å²) in [6, 6.07) is 10.2. The summed E-state index contributed by atoms with van der Waals surface area (Å²) in [6.45, 7) is 3.74. The number of fused-ring (bicyclic) bond motifs is 5. The average molecular weight is 463 g/mol. The van der Waals surface area contributed by atoms with Gasteiger partial charge in [-0.3, -0.25) is 24.6 Å². The van der Waals surface area contributed by atoms with Crippen molar-refractivity contribution in [3.05, 3.63) is 53.1 Å². The van der Waals surface area contributed by atoms with Crippen LogP contribution in [0.2, 0.25) is 0 Å². The predicted molar refractivity (Wildman–Crippen MR) is 120 cm³/mol. The van der Waals surface area contributed by atoms with E-state index in [9.17, 15) is 19.5 Å². The van der Waals surface area contributed by atoms with Gasteiger partial charge in [-0.1, -0.05) is 31.2 Å². The second-order valence-electron chi connectivity index (χ2n) is 9.32. The van der Waals surface area contributed by atoms with Crippen molar-refractivity contribution < 1.29 is 29.0 Å². The van der Waals surface area contributed by atoms with Gasteiger partial charge in [0.2, 0.25) is 24.5 Å². The highest BCUT2D eigenvalue weighted by molar-refractivity contribution is 6.15. The van der Waals surface area contributed by atoms with Crippen LogP contribution >= 0.6 is 0 Å². The fraction of sp³-hybridized carbons (Fsp3) is 0.400. The van der Waals surface area contributed by atoms with Crippen LogP contribution in [0.25, 0.3) is 0 Å². The molecule has 4 heterocycles. The van der Waals surface area contributed by atoms with Crippen LogP contribution < -0.4 is 20.1 Å². The quantitative estimate of drug-likeness (QED) is 0.585. The summed E-state index contributed by atoms with van der Waals surface area (Å²) in [5.74, 6) is -1.82. The lowest BCUT2D eigenvalue weighted by Crippen LogP contribution is -2.54. The summed E-state index contributed by atoms with van der Waals surface area (Å²) in [4.78, 5) is 42.1. The molecule has 0 saturated carbocycles. The van der Waals surface area contributed by atoms with E-state index in [4.69, 9.17) is 9.47 Å². The minimum Gasteiger partial charge on any atom is -0.454 e. The minimum atomic E-state index is -1.41. The molecule has 3 amide bonds. The molecule has 6 rings (SSSR count). The lowest BCUT2D eigenvalue weighted by atomic mass is 9.76. The molecule has 0 unspecified atom stereocenters. The number of aryl methyl sites for hydroxylation is 1. The first kappa shape index (κ1) is 21.1. The molecule has 34 heavy (non-hydrogen) atoms. The van der Waals surface area contributed by atoms with Crippen molar-refractivity contribution in [2.24, 2.45) is 11.8 Å². The molecule has 5 atom stereocenters. The fourth-order valence-corrected chi connectivity index (χ4v) is 5.97. The number of carbonyl (C=O) groups is 3. The number of nitrogens with one attached hydrogen (secondary N) is 2. The average Bonchev–Trinajstić information content (AvgIpc) is 3.55. The Balaban J connectivity index is 1.43. The molecule has 0 radical (unpaired) electrons. The Morgan fingerprint density at radius 2 is 1.94 bits per heavy atom. The van der Waals surface area contributed by atoms with Crippen LogP contribution in [-0.2, 0) is 32.9 Å². The first-order valence-electron chi connectivity index (χ1n) is 11.5. The van der Waals surface area contributed by atoms with Gasteiger partial charge in [-0.25, -0.2) is 0 Å². The molecular weight excluding hydrogens is 438 g/mol. The summed E-state index contributed by atoms with van der Waals surface area (Å²) in [6.07, 6.45) is -0.239. The molecule has 2 saturated heterocycles. The van der Waals surface area contributed by atoms with Crippen molar-refractivity contribution in [3.8, 4) is 11.5 Å². The van der Waals surface area contributed by atoms with Crippen molar-refractivity contribution in [1.82, 2.24) is 10.2 Å². The molecular formula is C25H25N3O6. The van der Waals surface area contributed by atoms with Crippen molar-refractivity contribution in [3.63, 3.8) is 0 Å². The SMILES string of the molecule is CCc1cccc2c1NC(=O)[C@@]21N[C@H]([C@H](C)O)[C@H]2C(=O)N(Cc3ccc4c(c3)OCO4)C(=O)[C@H]21. The third-order valence-corrected chi connectivity index (χ3v) is 7.54. The van der Waals surface area contributed by atoms with Crippen molar-refractivity contribution in [2.75, 3.05) is 12.1 Å². The Hall–Kier alpha value is -3.43. The highest BCUT2D eigenvalue weighted by atomic mass is 16.7. The Morgan fingerprint density at radius 1 is 1.15 bits per heavy atom. The number of hydrogen-bond donors (Lipinski definition) is 3.